The molecule has 0 saturated carbocycles. The second kappa shape index (κ2) is 5.06. The molecule has 0 aromatic carbocycles. The molecule has 1 aliphatic rings. The Bertz CT molecular complexity index is 440. The van der Waals surface area contributed by atoms with Crippen molar-refractivity contribution in [3.8, 4) is 0 Å². The summed E-state index contributed by atoms with van der Waals surface area (Å²) in [5, 5.41) is 10.6. The van der Waals surface area contributed by atoms with Crippen molar-refractivity contribution in [2.75, 3.05) is 18.5 Å². The molecule has 2 rings (SSSR count). The molecule has 1 aromatic rings. The number of rotatable bonds is 2. The Morgan fingerprint density at radius 1 is 1.53 bits per heavy atom. The minimum absolute atomic E-state index is 0.0218. The van der Waals surface area contributed by atoms with Crippen molar-refractivity contribution >= 4 is 34.8 Å². The van der Waals surface area contributed by atoms with Crippen LogP contribution in [-0.4, -0.2) is 35.7 Å². The van der Waals surface area contributed by atoms with Gasteiger partial charge in [0.05, 0.1) is 5.69 Å². The van der Waals surface area contributed by atoms with E-state index in [2.05, 4.69) is 15.5 Å². The Morgan fingerprint density at radius 2 is 2.29 bits per heavy atom. The summed E-state index contributed by atoms with van der Waals surface area (Å²) in [5.41, 5.74) is 0.665. The summed E-state index contributed by atoms with van der Waals surface area (Å²) in [5.74, 6) is -0.0218. The van der Waals surface area contributed by atoms with Gasteiger partial charge >= 0.3 is 0 Å². The van der Waals surface area contributed by atoms with Crippen LogP contribution >= 0.6 is 23.2 Å². The van der Waals surface area contributed by atoms with Crippen LogP contribution in [0.15, 0.2) is 6.07 Å². The summed E-state index contributed by atoms with van der Waals surface area (Å²) in [6, 6.07) is 1.43. The number of nitrogens with one attached hydrogen (secondary N) is 1. The molecule has 5 nitrogen and oxygen atoms in total. The SMILES string of the molecule is CNC(=O)C1CCCN1c1cc(Cl)nnc1Cl. The molecule has 0 spiro atoms. The Morgan fingerprint density at radius 3 is 3.00 bits per heavy atom. The van der Waals surface area contributed by atoms with Crippen LogP contribution in [0.25, 0.3) is 0 Å². The van der Waals surface area contributed by atoms with Gasteiger partial charge in [0.1, 0.15) is 6.04 Å². The van der Waals surface area contributed by atoms with Crippen LogP contribution < -0.4 is 10.2 Å². The zero-order valence-electron chi connectivity index (χ0n) is 9.28. The fourth-order valence-electron chi connectivity index (χ4n) is 2.04. The third-order valence-corrected chi connectivity index (χ3v) is 3.27. The van der Waals surface area contributed by atoms with Crippen LogP contribution in [0.4, 0.5) is 5.69 Å². The Hall–Kier alpha value is -1.07. The number of hydrogen-bond donors (Lipinski definition) is 1. The van der Waals surface area contributed by atoms with Crippen LogP contribution in [-0.2, 0) is 4.79 Å². The Balaban J connectivity index is 2.32. The molecule has 0 bridgehead atoms. The van der Waals surface area contributed by atoms with Crippen molar-refractivity contribution < 1.29 is 4.79 Å². The zero-order chi connectivity index (χ0) is 12.4. The molecular weight excluding hydrogens is 263 g/mol. The van der Waals surface area contributed by atoms with Crippen LogP contribution in [0.2, 0.25) is 10.3 Å². The van der Waals surface area contributed by atoms with Crippen LogP contribution in [0.3, 0.4) is 0 Å². The quantitative estimate of drug-likeness (QED) is 0.888. The summed E-state index contributed by atoms with van der Waals surface area (Å²) in [7, 11) is 1.62. The van der Waals surface area contributed by atoms with Crippen molar-refractivity contribution in [2.45, 2.75) is 18.9 Å². The van der Waals surface area contributed by atoms with Crippen molar-refractivity contribution in [2.24, 2.45) is 0 Å². The van der Waals surface area contributed by atoms with Gasteiger partial charge in [-0.15, -0.1) is 10.2 Å². The molecule has 1 amide bonds. The van der Waals surface area contributed by atoms with Gasteiger partial charge in [0.15, 0.2) is 10.3 Å². The van der Waals surface area contributed by atoms with Crippen molar-refractivity contribution in [1.29, 1.82) is 0 Å². The molecule has 1 aromatic heterocycles. The fraction of sp³-hybridized carbons (Fsp3) is 0.500. The third-order valence-electron chi connectivity index (χ3n) is 2.81. The minimum Gasteiger partial charge on any atom is -0.357 e. The van der Waals surface area contributed by atoms with Gasteiger partial charge in [0, 0.05) is 19.7 Å². The number of anilines is 1. The highest BCUT2D eigenvalue weighted by Gasteiger charge is 2.31. The van der Waals surface area contributed by atoms with Gasteiger partial charge in [-0.05, 0) is 12.8 Å². The number of hydrogen-bond acceptors (Lipinski definition) is 4. The summed E-state index contributed by atoms with van der Waals surface area (Å²) in [6.45, 7) is 0.764. The van der Waals surface area contributed by atoms with E-state index in [-0.39, 0.29) is 22.3 Å². The smallest absolute Gasteiger partial charge is 0.242 e. The molecule has 1 fully saturated rings. The highest BCUT2D eigenvalue weighted by Crippen LogP contribution is 2.31. The maximum Gasteiger partial charge on any atom is 0.242 e. The number of amides is 1. The summed E-state index contributed by atoms with van der Waals surface area (Å²) >= 11 is 11.8. The van der Waals surface area contributed by atoms with Crippen LogP contribution in [0.1, 0.15) is 12.8 Å². The van der Waals surface area contributed by atoms with Gasteiger partial charge in [-0.1, -0.05) is 23.2 Å². The largest absolute Gasteiger partial charge is 0.357 e. The number of aromatic nitrogens is 2. The van der Waals surface area contributed by atoms with E-state index in [9.17, 15) is 4.79 Å². The molecule has 1 unspecified atom stereocenters. The predicted octanol–water partition coefficient (Wildman–Crippen LogP) is 1.50. The molecule has 1 aliphatic heterocycles. The van der Waals surface area contributed by atoms with Gasteiger partial charge in [0.2, 0.25) is 5.91 Å². The maximum absolute atomic E-state index is 11.7. The lowest BCUT2D eigenvalue weighted by atomic mass is 10.2. The van der Waals surface area contributed by atoms with E-state index in [0.717, 1.165) is 19.4 Å². The molecule has 0 aliphatic carbocycles. The number of carbonyl (C=O) groups excluding carboxylic acids is 1. The van der Waals surface area contributed by atoms with E-state index < -0.39 is 0 Å². The predicted molar refractivity (Wildman–Crippen MR) is 66.5 cm³/mol. The second-order valence-electron chi connectivity index (χ2n) is 3.81. The lowest BCUT2D eigenvalue weighted by molar-refractivity contribution is -0.121. The van der Waals surface area contributed by atoms with Crippen LogP contribution in [0.5, 0.6) is 0 Å². The number of halogens is 2. The number of likely N-dealkylation sites (N-methyl/N-ethyl adjacent to an activating group) is 1. The average molecular weight is 275 g/mol. The Kier molecular flexibility index (Phi) is 3.69. The molecular formula is C10H12Cl2N4O. The monoisotopic (exact) mass is 274 g/mol. The van der Waals surface area contributed by atoms with Gasteiger partial charge in [-0.3, -0.25) is 4.79 Å². The Labute approximate surface area is 109 Å². The topological polar surface area (TPSA) is 58.1 Å². The maximum atomic E-state index is 11.7. The van der Waals surface area contributed by atoms with E-state index in [1.165, 1.54) is 0 Å². The standard InChI is InChI=1S/C10H12Cl2N4O/c1-13-10(17)6-3-2-4-16(6)7-5-8(11)14-15-9(7)12/h5-6H,2-4H2,1H3,(H,13,17). The van der Waals surface area contributed by atoms with Crippen molar-refractivity contribution in [3.63, 3.8) is 0 Å². The van der Waals surface area contributed by atoms with E-state index in [0.29, 0.717) is 5.69 Å². The third kappa shape index (κ3) is 2.45. The molecule has 2 heterocycles. The lowest BCUT2D eigenvalue weighted by Crippen LogP contribution is -2.42. The second-order valence-corrected chi connectivity index (χ2v) is 4.55. The van der Waals surface area contributed by atoms with Gasteiger partial charge in [-0.2, -0.15) is 0 Å². The number of carbonyl (C=O) groups is 1. The highest BCUT2D eigenvalue weighted by atomic mass is 35.5. The minimum atomic E-state index is -0.210. The molecule has 92 valence electrons. The first-order chi connectivity index (χ1) is 8.13. The fourth-order valence-corrected chi connectivity index (χ4v) is 2.38. The lowest BCUT2D eigenvalue weighted by Gasteiger charge is -2.25. The van der Waals surface area contributed by atoms with Crippen LogP contribution in [0, 0.1) is 0 Å². The van der Waals surface area contributed by atoms with E-state index in [1.54, 1.807) is 13.1 Å². The summed E-state index contributed by atoms with van der Waals surface area (Å²) < 4.78 is 0. The zero-order valence-corrected chi connectivity index (χ0v) is 10.8. The molecule has 1 atom stereocenters. The molecule has 0 radical (unpaired) electrons. The van der Waals surface area contributed by atoms with E-state index in [1.807, 2.05) is 4.90 Å². The normalized spacial score (nSPS) is 19.5. The molecule has 1 N–H and O–H groups in total. The van der Waals surface area contributed by atoms with Gasteiger partial charge < -0.3 is 10.2 Å². The van der Waals surface area contributed by atoms with Gasteiger partial charge in [-0.25, -0.2) is 0 Å². The average Bonchev–Trinajstić information content (AvgIpc) is 2.80. The highest BCUT2D eigenvalue weighted by molar-refractivity contribution is 6.33. The first-order valence-corrected chi connectivity index (χ1v) is 6.06. The molecule has 7 heteroatoms. The molecule has 17 heavy (non-hydrogen) atoms. The van der Waals surface area contributed by atoms with E-state index >= 15 is 0 Å². The molecule has 1 saturated heterocycles. The number of nitrogens with zero attached hydrogens (tertiary/aromatic N) is 3. The summed E-state index contributed by atoms with van der Waals surface area (Å²) in [4.78, 5) is 13.6. The summed E-state index contributed by atoms with van der Waals surface area (Å²) in [6.07, 6.45) is 1.74. The van der Waals surface area contributed by atoms with E-state index in [4.69, 9.17) is 23.2 Å². The van der Waals surface area contributed by atoms with Gasteiger partial charge in [0.25, 0.3) is 0 Å². The van der Waals surface area contributed by atoms with Crippen molar-refractivity contribution in [1.82, 2.24) is 15.5 Å². The first kappa shape index (κ1) is 12.4. The van der Waals surface area contributed by atoms with Crippen molar-refractivity contribution in [3.05, 3.63) is 16.4 Å². The first-order valence-electron chi connectivity index (χ1n) is 5.30.